The summed E-state index contributed by atoms with van der Waals surface area (Å²) in [5.41, 5.74) is 1.29. The van der Waals surface area contributed by atoms with Gasteiger partial charge < -0.3 is 19.3 Å². The number of carboxylic acid groups (broad SMARTS) is 1. The van der Waals surface area contributed by atoms with E-state index in [4.69, 9.17) is 5.11 Å². The molecule has 0 heterocycles. The van der Waals surface area contributed by atoms with Crippen molar-refractivity contribution in [1.82, 2.24) is 0 Å². The number of benzene rings is 2. The molecule has 0 aliphatic carbocycles. The first-order valence-corrected chi connectivity index (χ1v) is 7.52. The van der Waals surface area contributed by atoms with Gasteiger partial charge in [-0.05, 0) is 48.5 Å². The van der Waals surface area contributed by atoms with Crippen molar-refractivity contribution >= 4 is 23.9 Å². The van der Waals surface area contributed by atoms with Gasteiger partial charge in [-0.15, -0.1) is 0 Å². The zero-order valence-corrected chi connectivity index (χ0v) is 14.9. The van der Waals surface area contributed by atoms with E-state index in [2.05, 4.69) is 14.2 Å². The highest BCUT2D eigenvalue weighted by molar-refractivity contribution is 5.93. The lowest BCUT2D eigenvalue weighted by atomic mass is 10.1. The molecule has 0 fully saturated rings. The lowest BCUT2D eigenvalue weighted by molar-refractivity contribution is 0.0586. The van der Waals surface area contributed by atoms with Crippen LogP contribution in [0.5, 0.6) is 0 Å². The minimum Gasteiger partial charge on any atom is -0.478 e. The maximum Gasteiger partial charge on any atom is 0.337 e. The molecule has 0 atom stereocenters. The molecule has 0 aromatic heterocycles. The van der Waals surface area contributed by atoms with Crippen molar-refractivity contribution in [2.45, 2.75) is 0 Å². The van der Waals surface area contributed by atoms with E-state index in [0.717, 1.165) is 0 Å². The third kappa shape index (κ3) is 6.28. The summed E-state index contributed by atoms with van der Waals surface area (Å²) in [6.07, 6.45) is 0. The number of carbonyl (C=O) groups is 4. The van der Waals surface area contributed by atoms with Gasteiger partial charge in [-0.3, -0.25) is 0 Å². The van der Waals surface area contributed by atoms with Crippen LogP contribution in [0.3, 0.4) is 0 Å². The van der Waals surface area contributed by atoms with Crippen LogP contribution in [-0.2, 0) is 14.2 Å². The van der Waals surface area contributed by atoms with Crippen molar-refractivity contribution in [1.29, 1.82) is 0 Å². The molecule has 1 N–H and O–H groups in total. The standard InChI is InChI=1S/C10H10O4.C9H8O4/c1-13-9(11)7-3-5-8(6-4-7)10(12)14-2;1-13-9(12)7-4-2-6(3-5-7)8(10)11/h3-6H,1-2H3;2-5H,1H3,(H,10,11). The van der Waals surface area contributed by atoms with Gasteiger partial charge in [0.2, 0.25) is 0 Å². The molecule has 8 heteroatoms. The molecule has 142 valence electrons. The first kappa shape index (κ1) is 21.4. The number of methoxy groups -OCH3 is 3. The molecule has 0 bridgehead atoms. The van der Waals surface area contributed by atoms with E-state index in [1.807, 2.05) is 0 Å². The molecule has 2 aromatic rings. The lowest BCUT2D eigenvalue weighted by Gasteiger charge is -2.00. The van der Waals surface area contributed by atoms with Gasteiger partial charge in [-0.25, -0.2) is 19.2 Å². The number of hydrogen-bond acceptors (Lipinski definition) is 7. The van der Waals surface area contributed by atoms with Gasteiger partial charge in [0.05, 0.1) is 43.6 Å². The summed E-state index contributed by atoms with van der Waals surface area (Å²) < 4.78 is 13.5. The molecule has 27 heavy (non-hydrogen) atoms. The summed E-state index contributed by atoms with van der Waals surface area (Å²) in [5, 5.41) is 8.56. The van der Waals surface area contributed by atoms with Gasteiger partial charge in [-0.2, -0.15) is 0 Å². The van der Waals surface area contributed by atoms with Crippen LogP contribution < -0.4 is 0 Å². The first-order chi connectivity index (χ1) is 12.8. The van der Waals surface area contributed by atoms with Gasteiger partial charge in [0.25, 0.3) is 0 Å². The maximum absolute atomic E-state index is 11.0. The number of aromatic carboxylic acids is 1. The molecule has 0 saturated carbocycles. The van der Waals surface area contributed by atoms with E-state index in [-0.39, 0.29) is 5.56 Å². The average molecular weight is 374 g/mol. The monoisotopic (exact) mass is 374 g/mol. The molecule has 0 radical (unpaired) electrons. The Morgan fingerprint density at radius 2 is 0.778 bits per heavy atom. The van der Waals surface area contributed by atoms with E-state index in [9.17, 15) is 19.2 Å². The molecule has 0 amide bonds. The minimum absolute atomic E-state index is 0.146. The zero-order valence-electron chi connectivity index (χ0n) is 14.9. The fourth-order valence-corrected chi connectivity index (χ4v) is 1.84. The fraction of sp³-hybridized carbons (Fsp3) is 0.158. The van der Waals surface area contributed by atoms with Crippen molar-refractivity contribution in [2.24, 2.45) is 0 Å². The third-order valence-corrected chi connectivity index (χ3v) is 3.28. The number of carbonyl (C=O) groups excluding carboxylic acids is 3. The largest absolute Gasteiger partial charge is 0.478 e. The lowest BCUT2D eigenvalue weighted by Crippen LogP contribution is -2.04. The summed E-state index contributed by atoms with van der Waals surface area (Å²) in [7, 11) is 3.88. The molecule has 2 aromatic carbocycles. The number of carboxylic acids is 1. The topological polar surface area (TPSA) is 116 Å². The summed E-state index contributed by atoms with van der Waals surface area (Å²) >= 11 is 0. The predicted octanol–water partition coefficient (Wildman–Crippen LogP) is 2.43. The Bertz CT molecular complexity index is 772. The molecule has 0 spiro atoms. The minimum atomic E-state index is -1.02. The van der Waals surface area contributed by atoms with Crippen molar-refractivity contribution in [2.75, 3.05) is 21.3 Å². The first-order valence-electron chi connectivity index (χ1n) is 7.52. The molecular weight excluding hydrogens is 356 g/mol. The van der Waals surface area contributed by atoms with Crippen LogP contribution in [0, 0.1) is 0 Å². The Hall–Kier alpha value is -3.68. The molecule has 0 aliphatic rings. The normalized spacial score (nSPS) is 9.30. The van der Waals surface area contributed by atoms with Crippen LogP contribution in [0.4, 0.5) is 0 Å². The van der Waals surface area contributed by atoms with Crippen molar-refractivity contribution in [3.8, 4) is 0 Å². The van der Waals surface area contributed by atoms with Crippen LogP contribution >= 0.6 is 0 Å². The summed E-state index contributed by atoms with van der Waals surface area (Å²) in [6, 6.07) is 11.6. The maximum atomic E-state index is 11.0. The van der Waals surface area contributed by atoms with Crippen molar-refractivity contribution < 1.29 is 38.5 Å². The number of rotatable bonds is 4. The van der Waals surface area contributed by atoms with Crippen molar-refractivity contribution in [3.05, 3.63) is 70.8 Å². The van der Waals surface area contributed by atoms with Crippen LogP contribution in [0.1, 0.15) is 41.4 Å². The average Bonchev–Trinajstić information content (AvgIpc) is 2.72. The Morgan fingerprint density at radius 1 is 0.556 bits per heavy atom. The van der Waals surface area contributed by atoms with E-state index in [0.29, 0.717) is 16.7 Å². The Labute approximate surface area is 155 Å². The van der Waals surface area contributed by atoms with E-state index >= 15 is 0 Å². The molecule has 2 rings (SSSR count). The smallest absolute Gasteiger partial charge is 0.337 e. The van der Waals surface area contributed by atoms with Gasteiger partial charge >= 0.3 is 23.9 Å². The quantitative estimate of drug-likeness (QED) is 0.641. The number of hydrogen-bond donors (Lipinski definition) is 1. The van der Waals surface area contributed by atoms with Crippen LogP contribution in [-0.4, -0.2) is 50.3 Å². The highest BCUT2D eigenvalue weighted by Gasteiger charge is 2.08. The Kier molecular flexibility index (Phi) is 8.18. The summed E-state index contributed by atoms with van der Waals surface area (Å²) in [5.74, 6) is -2.35. The predicted molar refractivity (Wildman–Crippen MR) is 93.9 cm³/mol. The highest BCUT2D eigenvalue weighted by atomic mass is 16.5. The second-order valence-electron chi connectivity index (χ2n) is 4.93. The fourth-order valence-electron chi connectivity index (χ4n) is 1.84. The van der Waals surface area contributed by atoms with Gasteiger partial charge in [0, 0.05) is 0 Å². The second kappa shape index (κ2) is 10.3. The van der Waals surface area contributed by atoms with Gasteiger partial charge in [-0.1, -0.05) is 0 Å². The van der Waals surface area contributed by atoms with Crippen LogP contribution in [0.15, 0.2) is 48.5 Å². The van der Waals surface area contributed by atoms with Crippen LogP contribution in [0.25, 0.3) is 0 Å². The number of ether oxygens (including phenoxy) is 3. The van der Waals surface area contributed by atoms with Gasteiger partial charge in [0.1, 0.15) is 0 Å². The SMILES string of the molecule is COC(=O)c1ccc(C(=O)O)cc1.COC(=O)c1ccc(C(=O)OC)cc1. The molecule has 0 aliphatic heterocycles. The van der Waals surface area contributed by atoms with Crippen LogP contribution in [0.2, 0.25) is 0 Å². The Morgan fingerprint density at radius 3 is 0.963 bits per heavy atom. The van der Waals surface area contributed by atoms with E-state index < -0.39 is 23.9 Å². The van der Waals surface area contributed by atoms with Crippen molar-refractivity contribution in [3.63, 3.8) is 0 Å². The highest BCUT2D eigenvalue weighted by Crippen LogP contribution is 2.07. The molecule has 0 saturated heterocycles. The summed E-state index contributed by atoms with van der Waals surface area (Å²) in [6.45, 7) is 0. The molecule has 8 nitrogen and oxygen atoms in total. The van der Waals surface area contributed by atoms with E-state index in [1.54, 1.807) is 0 Å². The molecule has 0 unspecified atom stereocenters. The zero-order chi connectivity index (χ0) is 20.4. The van der Waals surface area contributed by atoms with E-state index in [1.165, 1.54) is 69.9 Å². The Balaban J connectivity index is 0.000000271. The van der Waals surface area contributed by atoms with Gasteiger partial charge in [0.15, 0.2) is 0 Å². The molecular formula is C19H18O8. The third-order valence-electron chi connectivity index (χ3n) is 3.28. The second-order valence-corrected chi connectivity index (χ2v) is 4.93. The number of esters is 3. The summed E-state index contributed by atoms with van der Waals surface area (Å²) in [4.78, 5) is 43.4.